The van der Waals surface area contributed by atoms with Gasteiger partial charge in [-0.05, 0) is 57.9 Å². The maximum atomic E-state index is 12.8. The van der Waals surface area contributed by atoms with E-state index in [1.165, 1.54) is 17.3 Å². The number of nitrogens with zero attached hydrogens (tertiary/aromatic N) is 5. The lowest BCUT2D eigenvalue weighted by Gasteiger charge is -2.07. The smallest absolute Gasteiger partial charge is 0.234 e. The Morgan fingerprint density at radius 1 is 0.970 bits per heavy atom. The molecule has 1 N–H and O–H groups in total. The molecule has 168 valence electrons. The summed E-state index contributed by atoms with van der Waals surface area (Å²) in [7, 11) is 0. The van der Waals surface area contributed by atoms with Gasteiger partial charge in [-0.25, -0.2) is 14.3 Å². The third-order valence-electron chi connectivity index (χ3n) is 5.72. The second-order valence-corrected chi connectivity index (χ2v) is 9.35. The third-order valence-corrected chi connectivity index (χ3v) is 6.56. The fraction of sp³-hybridized carbons (Fsp3) is 0.280. The summed E-state index contributed by atoms with van der Waals surface area (Å²) in [5.74, 6) is 1.57. The molecule has 0 unspecified atom stereocenters. The predicted octanol–water partition coefficient (Wildman–Crippen LogP) is 4.99. The van der Waals surface area contributed by atoms with Crippen LogP contribution in [-0.4, -0.2) is 36.2 Å². The summed E-state index contributed by atoms with van der Waals surface area (Å²) >= 11 is 1.36. The van der Waals surface area contributed by atoms with Crippen LogP contribution in [0.3, 0.4) is 0 Å². The second-order valence-electron chi connectivity index (χ2n) is 8.40. The van der Waals surface area contributed by atoms with Crippen molar-refractivity contribution >= 4 is 23.4 Å². The van der Waals surface area contributed by atoms with E-state index >= 15 is 0 Å². The van der Waals surface area contributed by atoms with Crippen LogP contribution in [0.2, 0.25) is 0 Å². The lowest BCUT2D eigenvalue weighted by Crippen LogP contribution is -2.15. The van der Waals surface area contributed by atoms with Gasteiger partial charge in [-0.2, -0.15) is 5.10 Å². The number of benzene rings is 2. The van der Waals surface area contributed by atoms with Crippen molar-refractivity contribution < 1.29 is 4.79 Å². The zero-order chi connectivity index (χ0) is 22.9. The first-order chi connectivity index (χ1) is 16.0. The van der Waals surface area contributed by atoms with Crippen molar-refractivity contribution in [3.63, 3.8) is 0 Å². The lowest BCUT2D eigenvalue weighted by molar-refractivity contribution is -0.113. The summed E-state index contributed by atoms with van der Waals surface area (Å²) in [6.45, 7) is 5.93. The Hall–Kier alpha value is -3.39. The molecule has 8 heteroatoms. The number of aryl methyl sites for hydroxylation is 2. The molecular formula is C25H26N6OS. The normalized spacial score (nSPS) is 13.3. The maximum Gasteiger partial charge on any atom is 0.234 e. The predicted molar refractivity (Wildman–Crippen MR) is 130 cm³/mol. The molecular weight excluding hydrogens is 432 g/mol. The van der Waals surface area contributed by atoms with E-state index in [1.54, 1.807) is 0 Å². The fourth-order valence-electron chi connectivity index (χ4n) is 3.80. The second kappa shape index (κ2) is 8.86. The summed E-state index contributed by atoms with van der Waals surface area (Å²) in [6, 6.07) is 18.2. The highest BCUT2D eigenvalue weighted by atomic mass is 32.2. The van der Waals surface area contributed by atoms with Gasteiger partial charge in [-0.15, -0.1) is 5.10 Å². The molecule has 4 aromatic rings. The number of carbonyl (C=O) groups excluding carboxylic acids is 1. The zero-order valence-corrected chi connectivity index (χ0v) is 19.8. The van der Waals surface area contributed by atoms with Crippen LogP contribution in [0.25, 0.3) is 11.4 Å². The van der Waals surface area contributed by atoms with E-state index in [9.17, 15) is 4.79 Å². The summed E-state index contributed by atoms with van der Waals surface area (Å²) < 4.78 is 3.78. The Morgan fingerprint density at radius 3 is 2.36 bits per heavy atom. The van der Waals surface area contributed by atoms with Gasteiger partial charge in [0.2, 0.25) is 11.1 Å². The van der Waals surface area contributed by atoms with Crippen molar-refractivity contribution in [3.8, 4) is 11.4 Å². The molecule has 1 amide bonds. The number of anilines is 1. The van der Waals surface area contributed by atoms with E-state index in [0.29, 0.717) is 11.1 Å². The number of para-hydroxylation sites is 1. The molecule has 1 aliphatic carbocycles. The van der Waals surface area contributed by atoms with Gasteiger partial charge in [-0.3, -0.25) is 4.79 Å². The van der Waals surface area contributed by atoms with Crippen molar-refractivity contribution in [2.75, 3.05) is 11.1 Å². The molecule has 7 nitrogen and oxygen atoms in total. The minimum atomic E-state index is -0.0984. The summed E-state index contributed by atoms with van der Waals surface area (Å²) in [6.07, 6.45) is 2.28. The van der Waals surface area contributed by atoms with Crippen molar-refractivity contribution in [2.24, 2.45) is 0 Å². The minimum absolute atomic E-state index is 0.0984. The number of hydrogen-bond acceptors (Lipinski definition) is 5. The van der Waals surface area contributed by atoms with Gasteiger partial charge in [0.25, 0.3) is 0 Å². The van der Waals surface area contributed by atoms with Gasteiger partial charge in [0, 0.05) is 5.92 Å². The van der Waals surface area contributed by atoms with E-state index in [2.05, 4.69) is 34.6 Å². The highest BCUT2D eigenvalue weighted by Gasteiger charge is 2.30. The molecule has 0 bridgehead atoms. The van der Waals surface area contributed by atoms with Gasteiger partial charge in [-0.1, -0.05) is 47.7 Å². The number of nitrogens with one attached hydrogen (secondary N) is 1. The third kappa shape index (κ3) is 4.57. The number of aromatic nitrogens is 5. The molecule has 0 spiro atoms. The van der Waals surface area contributed by atoms with E-state index in [0.717, 1.165) is 47.1 Å². The standard InChI is InChI=1S/C25H26N6OS/c1-16-9-13-21(14-10-16)30-18(3)23(17(2)28-30)26-22(32)15-33-25-27-24(19-11-12-19)31(29-25)20-7-5-4-6-8-20/h4-10,13-14,19H,11-12,15H2,1-3H3,(H,26,32). The van der Waals surface area contributed by atoms with E-state index in [4.69, 9.17) is 4.98 Å². The topological polar surface area (TPSA) is 77.6 Å². The van der Waals surface area contributed by atoms with E-state index in [1.807, 2.05) is 65.7 Å². The SMILES string of the molecule is Cc1ccc(-n2nc(C)c(NC(=O)CSc3nc(C4CC4)n(-c4ccccc4)n3)c2C)cc1. The molecule has 1 fully saturated rings. The fourth-order valence-corrected chi connectivity index (χ4v) is 4.43. The first-order valence-electron chi connectivity index (χ1n) is 11.1. The van der Waals surface area contributed by atoms with Crippen molar-refractivity contribution in [1.29, 1.82) is 0 Å². The Morgan fingerprint density at radius 2 is 1.67 bits per heavy atom. The molecule has 0 aliphatic heterocycles. The van der Waals surface area contributed by atoms with Crippen LogP contribution in [0.5, 0.6) is 0 Å². The number of carbonyl (C=O) groups is 1. The first kappa shape index (κ1) is 21.5. The Kier molecular flexibility index (Phi) is 5.76. The Labute approximate surface area is 197 Å². The van der Waals surface area contributed by atoms with Crippen LogP contribution in [0, 0.1) is 20.8 Å². The Bertz CT molecular complexity index is 1290. The lowest BCUT2D eigenvalue weighted by atomic mass is 10.2. The molecule has 2 heterocycles. The van der Waals surface area contributed by atoms with Crippen LogP contribution < -0.4 is 5.32 Å². The van der Waals surface area contributed by atoms with Gasteiger partial charge in [0.05, 0.1) is 34.2 Å². The molecule has 5 rings (SSSR count). The average Bonchev–Trinajstić information content (AvgIpc) is 3.53. The highest BCUT2D eigenvalue weighted by molar-refractivity contribution is 7.99. The largest absolute Gasteiger partial charge is 0.322 e. The maximum absolute atomic E-state index is 12.8. The van der Waals surface area contributed by atoms with Gasteiger partial charge in [0.15, 0.2) is 0 Å². The quantitative estimate of drug-likeness (QED) is 0.395. The summed E-state index contributed by atoms with van der Waals surface area (Å²) in [5.41, 5.74) is 5.60. The van der Waals surface area contributed by atoms with Gasteiger partial charge >= 0.3 is 0 Å². The summed E-state index contributed by atoms with van der Waals surface area (Å²) in [5, 5.41) is 13.0. The number of amides is 1. The van der Waals surface area contributed by atoms with Crippen LogP contribution >= 0.6 is 11.8 Å². The number of thioether (sulfide) groups is 1. The molecule has 1 aliphatic rings. The van der Waals surface area contributed by atoms with E-state index < -0.39 is 0 Å². The molecule has 0 radical (unpaired) electrons. The van der Waals surface area contributed by atoms with Gasteiger partial charge in [0.1, 0.15) is 5.82 Å². The van der Waals surface area contributed by atoms with Crippen LogP contribution in [0.15, 0.2) is 59.8 Å². The molecule has 1 saturated carbocycles. The van der Waals surface area contributed by atoms with Crippen molar-refractivity contribution in [1.82, 2.24) is 24.5 Å². The number of rotatable bonds is 7. The Balaban J connectivity index is 1.28. The van der Waals surface area contributed by atoms with E-state index in [-0.39, 0.29) is 11.7 Å². The monoisotopic (exact) mass is 458 g/mol. The van der Waals surface area contributed by atoms with Crippen molar-refractivity contribution in [2.45, 2.75) is 44.7 Å². The highest BCUT2D eigenvalue weighted by Crippen LogP contribution is 2.40. The minimum Gasteiger partial charge on any atom is -0.322 e. The van der Waals surface area contributed by atoms with Gasteiger partial charge < -0.3 is 5.32 Å². The summed E-state index contributed by atoms with van der Waals surface area (Å²) in [4.78, 5) is 17.5. The first-order valence-corrected chi connectivity index (χ1v) is 12.1. The van der Waals surface area contributed by atoms with Crippen LogP contribution in [0.1, 0.15) is 41.5 Å². The zero-order valence-electron chi connectivity index (χ0n) is 18.9. The van der Waals surface area contributed by atoms with Crippen LogP contribution in [0.4, 0.5) is 5.69 Å². The average molecular weight is 459 g/mol. The molecule has 2 aromatic carbocycles. The van der Waals surface area contributed by atoms with Crippen LogP contribution in [-0.2, 0) is 4.79 Å². The van der Waals surface area contributed by atoms with Crippen molar-refractivity contribution in [3.05, 3.63) is 77.4 Å². The number of hydrogen-bond donors (Lipinski definition) is 1. The molecule has 33 heavy (non-hydrogen) atoms. The molecule has 0 atom stereocenters. The molecule has 2 aromatic heterocycles. The molecule has 0 saturated heterocycles.